The van der Waals surface area contributed by atoms with Crippen LogP contribution >= 0.6 is 0 Å². The number of aliphatic hydroxyl groups is 1. The maximum atomic E-state index is 9.33. The van der Waals surface area contributed by atoms with Crippen molar-refractivity contribution in [1.29, 1.82) is 0 Å². The third-order valence-corrected chi connectivity index (χ3v) is 1.46. The molecule has 0 aromatic carbocycles. The van der Waals surface area contributed by atoms with Gasteiger partial charge in [0.1, 0.15) is 18.4 Å². The standard InChI is InChI=1S/C8H13N3O/c1-2-3-8(12)11-7-4-5-9-6-10-7/h4-6,8,12H,2-3H2,1H3,(H,9,10,11). The molecule has 0 saturated heterocycles. The molecule has 1 atom stereocenters. The molecule has 4 nitrogen and oxygen atoms in total. The Bertz CT molecular complexity index is 215. The fourth-order valence-corrected chi connectivity index (χ4v) is 0.892. The Hall–Kier alpha value is -1.16. The molecule has 0 saturated carbocycles. The van der Waals surface area contributed by atoms with Gasteiger partial charge in [-0.05, 0) is 12.5 Å². The zero-order chi connectivity index (χ0) is 8.81. The molecule has 1 heterocycles. The minimum Gasteiger partial charge on any atom is -0.374 e. The van der Waals surface area contributed by atoms with E-state index in [0.717, 1.165) is 12.8 Å². The van der Waals surface area contributed by atoms with Gasteiger partial charge < -0.3 is 10.4 Å². The lowest BCUT2D eigenvalue weighted by Crippen LogP contribution is -2.18. The average Bonchev–Trinajstić information content (AvgIpc) is 2.06. The third-order valence-electron chi connectivity index (χ3n) is 1.46. The number of nitrogens with one attached hydrogen (secondary N) is 1. The smallest absolute Gasteiger partial charge is 0.131 e. The Morgan fingerprint density at radius 1 is 1.67 bits per heavy atom. The van der Waals surface area contributed by atoms with Crippen molar-refractivity contribution in [1.82, 2.24) is 9.97 Å². The second-order valence-corrected chi connectivity index (χ2v) is 2.54. The van der Waals surface area contributed by atoms with Crippen LogP contribution in [0.5, 0.6) is 0 Å². The molecule has 0 aliphatic rings. The first-order valence-electron chi connectivity index (χ1n) is 4.03. The number of rotatable bonds is 4. The number of nitrogens with zero attached hydrogens (tertiary/aromatic N) is 2. The van der Waals surface area contributed by atoms with Gasteiger partial charge in [0.15, 0.2) is 0 Å². The van der Waals surface area contributed by atoms with Crippen molar-refractivity contribution in [2.24, 2.45) is 0 Å². The summed E-state index contributed by atoms with van der Waals surface area (Å²) >= 11 is 0. The molecule has 1 rings (SSSR count). The van der Waals surface area contributed by atoms with Gasteiger partial charge in [-0.1, -0.05) is 13.3 Å². The van der Waals surface area contributed by atoms with E-state index >= 15 is 0 Å². The molecule has 0 amide bonds. The molecule has 66 valence electrons. The van der Waals surface area contributed by atoms with Crippen LogP contribution in [0.25, 0.3) is 0 Å². The SMILES string of the molecule is CCCC(O)Nc1ccncn1. The number of aliphatic hydroxyl groups excluding tert-OH is 1. The summed E-state index contributed by atoms with van der Waals surface area (Å²) < 4.78 is 0. The van der Waals surface area contributed by atoms with Gasteiger partial charge >= 0.3 is 0 Å². The highest BCUT2D eigenvalue weighted by molar-refractivity contribution is 5.31. The van der Waals surface area contributed by atoms with Crippen molar-refractivity contribution in [2.45, 2.75) is 26.0 Å². The first-order chi connectivity index (χ1) is 5.83. The number of hydrogen-bond acceptors (Lipinski definition) is 4. The van der Waals surface area contributed by atoms with Crippen LogP contribution in [0.3, 0.4) is 0 Å². The predicted octanol–water partition coefficient (Wildman–Crippen LogP) is 1.01. The molecule has 1 unspecified atom stereocenters. The minimum absolute atomic E-state index is 0.509. The van der Waals surface area contributed by atoms with Gasteiger partial charge in [-0.2, -0.15) is 0 Å². The summed E-state index contributed by atoms with van der Waals surface area (Å²) in [7, 11) is 0. The van der Waals surface area contributed by atoms with E-state index in [-0.39, 0.29) is 0 Å². The fourth-order valence-electron chi connectivity index (χ4n) is 0.892. The van der Waals surface area contributed by atoms with Crippen molar-refractivity contribution < 1.29 is 5.11 Å². The van der Waals surface area contributed by atoms with E-state index in [2.05, 4.69) is 15.3 Å². The summed E-state index contributed by atoms with van der Waals surface area (Å²) in [6.07, 6.45) is 4.24. The van der Waals surface area contributed by atoms with Crippen LogP contribution in [0.15, 0.2) is 18.6 Å². The molecule has 0 spiro atoms. The zero-order valence-electron chi connectivity index (χ0n) is 7.07. The van der Waals surface area contributed by atoms with E-state index in [0.29, 0.717) is 5.82 Å². The Kier molecular flexibility index (Phi) is 3.47. The van der Waals surface area contributed by atoms with E-state index in [1.165, 1.54) is 6.33 Å². The van der Waals surface area contributed by atoms with Crippen LogP contribution in [0, 0.1) is 0 Å². The third kappa shape index (κ3) is 2.84. The second-order valence-electron chi connectivity index (χ2n) is 2.54. The lowest BCUT2D eigenvalue weighted by molar-refractivity contribution is 0.191. The van der Waals surface area contributed by atoms with Crippen LogP contribution in [0.2, 0.25) is 0 Å². The maximum absolute atomic E-state index is 9.33. The second kappa shape index (κ2) is 4.66. The summed E-state index contributed by atoms with van der Waals surface area (Å²) in [6, 6.07) is 1.72. The molecule has 0 bridgehead atoms. The quantitative estimate of drug-likeness (QED) is 0.657. The number of aromatic nitrogens is 2. The fraction of sp³-hybridized carbons (Fsp3) is 0.500. The molecule has 4 heteroatoms. The lowest BCUT2D eigenvalue weighted by Gasteiger charge is -2.11. The Balaban J connectivity index is 2.41. The van der Waals surface area contributed by atoms with Crippen LogP contribution in [0.4, 0.5) is 5.82 Å². The molecule has 2 N–H and O–H groups in total. The van der Waals surface area contributed by atoms with Crippen LogP contribution in [0.1, 0.15) is 19.8 Å². The average molecular weight is 167 g/mol. The first kappa shape index (κ1) is 8.93. The minimum atomic E-state index is -0.509. The Labute approximate surface area is 71.7 Å². The van der Waals surface area contributed by atoms with Gasteiger partial charge in [0, 0.05) is 6.20 Å². The highest BCUT2D eigenvalue weighted by atomic mass is 16.3. The molecular formula is C8H13N3O. The van der Waals surface area contributed by atoms with Crippen molar-refractivity contribution in [3.05, 3.63) is 18.6 Å². The van der Waals surface area contributed by atoms with Crippen molar-refractivity contribution >= 4 is 5.82 Å². The van der Waals surface area contributed by atoms with Gasteiger partial charge in [0.2, 0.25) is 0 Å². The monoisotopic (exact) mass is 167 g/mol. The Morgan fingerprint density at radius 2 is 2.50 bits per heavy atom. The Morgan fingerprint density at radius 3 is 3.08 bits per heavy atom. The van der Waals surface area contributed by atoms with Crippen LogP contribution in [-0.2, 0) is 0 Å². The van der Waals surface area contributed by atoms with E-state index in [1.807, 2.05) is 6.92 Å². The molecule has 0 aliphatic heterocycles. The summed E-state index contributed by atoms with van der Waals surface area (Å²) in [5.41, 5.74) is 0. The van der Waals surface area contributed by atoms with Gasteiger partial charge in [-0.15, -0.1) is 0 Å². The largest absolute Gasteiger partial charge is 0.374 e. The zero-order valence-corrected chi connectivity index (χ0v) is 7.07. The van der Waals surface area contributed by atoms with Gasteiger partial charge in [0.25, 0.3) is 0 Å². The van der Waals surface area contributed by atoms with E-state index in [9.17, 15) is 5.11 Å². The van der Waals surface area contributed by atoms with E-state index in [4.69, 9.17) is 0 Å². The lowest BCUT2D eigenvalue weighted by atomic mass is 10.3. The van der Waals surface area contributed by atoms with E-state index < -0.39 is 6.23 Å². The molecule has 12 heavy (non-hydrogen) atoms. The van der Waals surface area contributed by atoms with Crippen LogP contribution in [-0.4, -0.2) is 21.3 Å². The molecule has 0 aliphatic carbocycles. The van der Waals surface area contributed by atoms with Crippen molar-refractivity contribution in [3.8, 4) is 0 Å². The predicted molar refractivity (Wildman–Crippen MR) is 46.6 cm³/mol. The molecule has 1 aromatic heterocycles. The topological polar surface area (TPSA) is 58.0 Å². The highest BCUT2D eigenvalue weighted by Crippen LogP contribution is 2.03. The molecular weight excluding hydrogens is 154 g/mol. The summed E-state index contributed by atoms with van der Waals surface area (Å²) in [6.45, 7) is 2.02. The van der Waals surface area contributed by atoms with Crippen LogP contribution < -0.4 is 5.32 Å². The van der Waals surface area contributed by atoms with Gasteiger partial charge in [-0.25, -0.2) is 9.97 Å². The molecule has 1 aromatic rings. The van der Waals surface area contributed by atoms with Crippen molar-refractivity contribution in [3.63, 3.8) is 0 Å². The summed E-state index contributed by atoms with van der Waals surface area (Å²) in [5.74, 6) is 0.658. The normalized spacial score (nSPS) is 12.5. The summed E-state index contributed by atoms with van der Waals surface area (Å²) in [5, 5.41) is 12.2. The number of hydrogen-bond donors (Lipinski definition) is 2. The van der Waals surface area contributed by atoms with Gasteiger partial charge in [-0.3, -0.25) is 0 Å². The summed E-state index contributed by atoms with van der Waals surface area (Å²) in [4.78, 5) is 7.68. The maximum Gasteiger partial charge on any atom is 0.131 e. The van der Waals surface area contributed by atoms with Crippen molar-refractivity contribution in [2.75, 3.05) is 5.32 Å². The van der Waals surface area contributed by atoms with Gasteiger partial charge in [0.05, 0.1) is 0 Å². The highest BCUT2D eigenvalue weighted by Gasteiger charge is 2.01. The molecule has 0 radical (unpaired) electrons. The molecule has 0 fully saturated rings. The number of anilines is 1. The first-order valence-corrected chi connectivity index (χ1v) is 4.03. The van der Waals surface area contributed by atoms with E-state index in [1.54, 1.807) is 12.3 Å².